The van der Waals surface area contributed by atoms with Crippen LogP contribution in [0.4, 0.5) is 5.95 Å². The maximum Gasteiger partial charge on any atom is 0.225 e. The lowest BCUT2D eigenvalue weighted by molar-refractivity contribution is 0.0503. The monoisotopic (exact) mass is 354 g/mol. The third-order valence-electron chi connectivity index (χ3n) is 5.36. The molecule has 1 fully saturated rings. The molecular weight excluding hydrogens is 328 g/mol. The maximum absolute atomic E-state index is 5.93. The van der Waals surface area contributed by atoms with Crippen LogP contribution in [0.5, 0.6) is 5.75 Å². The van der Waals surface area contributed by atoms with Gasteiger partial charge >= 0.3 is 0 Å². The van der Waals surface area contributed by atoms with Crippen LogP contribution in [0.25, 0.3) is 0 Å². The first kappa shape index (κ1) is 17.2. The van der Waals surface area contributed by atoms with Crippen molar-refractivity contribution in [3.63, 3.8) is 0 Å². The third-order valence-corrected chi connectivity index (χ3v) is 5.36. The average molecular weight is 354 g/mol. The Hall–Kier alpha value is -2.18. The van der Waals surface area contributed by atoms with Crippen LogP contribution in [-0.4, -0.2) is 55.8 Å². The van der Waals surface area contributed by atoms with Crippen LogP contribution in [0, 0.1) is 0 Å². The van der Waals surface area contributed by atoms with E-state index in [-0.39, 0.29) is 5.41 Å². The van der Waals surface area contributed by atoms with Crippen LogP contribution >= 0.6 is 0 Å². The minimum atomic E-state index is -0.0276. The first-order chi connectivity index (χ1) is 12.6. The van der Waals surface area contributed by atoms with Crippen LogP contribution in [-0.2, 0) is 23.3 Å². The summed E-state index contributed by atoms with van der Waals surface area (Å²) in [6.45, 7) is 4.27. The minimum Gasteiger partial charge on any atom is -0.497 e. The first-order valence-corrected chi connectivity index (χ1v) is 9.06. The Morgan fingerprint density at radius 1 is 1.35 bits per heavy atom. The minimum absolute atomic E-state index is 0.0276. The summed E-state index contributed by atoms with van der Waals surface area (Å²) < 4.78 is 11.3. The zero-order chi connectivity index (χ0) is 18.1. The summed E-state index contributed by atoms with van der Waals surface area (Å²) >= 11 is 0. The van der Waals surface area contributed by atoms with E-state index in [1.54, 1.807) is 7.11 Å². The van der Waals surface area contributed by atoms with Crippen molar-refractivity contribution < 1.29 is 9.47 Å². The number of hydrogen-bond acceptors (Lipinski definition) is 6. The highest BCUT2D eigenvalue weighted by atomic mass is 16.5. The van der Waals surface area contributed by atoms with Gasteiger partial charge in [-0.2, -0.15) is 0 Å². The normalized spacial score (nSPS) is 22.4. The van der Waals surface area contributed by atoms with Crippen LogP contribution in [0.15, 0.2) is 30.5 Å². The summed E-state index contributed by atoms with van der Waals surface area (Å²) in [5, 5.41) is 0. The molecule has 0 unspecified atom stereocenters. The van der Waals surface area contributed by atoms with E-state index in [1.807, 2.05) is 31.3 Å². The predicted molar refractivity (Wildman–Crippen MR) is 101 cm³/mol. The third kappa shape index (κ3) is 3.15. The van der Waals surface area contributed by atoms with Crippen molar-refractivity contribution in [2.75, 3.05) is 45.8 Å². The topological polar surface area (TPSA) is 50.7 Å². The van der Waals surface area contributed by atoms with Gasteiger partial charge in [-0.05, 0) is 30.7 Å². The van der Waals surface area contributed by atoms with Gasteiger partial charge in [0.2, 0.25) is 5.95 Å². The van der Waals surface area contributed by atoms with E-state index in [2.05, 4.69) is 28.1 Å². The number of hydrogen-bond donors (Lipinski definition) is 0. The van der Waals surface area contributed by atoms with Crippen molar-refractivity contribution in [2.24, 2.45) is 0 Å². The molecule has 6 nitrogen and oxygen atoms in total. The Morgan fingerprint density at radius 3 is 3.04 bits per heavy atom. The van der Waals surface area contributed by atoms with E-state index >= 15 is 0 Å². The van der Waals surface area contributed by atoms with Gasteiger partial charge in [0.25, 0.3) is 0 Å². The molecule has 6 heteroatoms. The molecule has 4 rings (SSSR count). The Bertz CT molecular complexity index is 795. The first-order valence-electron chi connectivity index (χ1n) is 9.06. The Kier molecular flexibility index (Phi) is 4.54. The molecular formula is C20H26N4O2. The van der Waals surface area contributed by atoms with Gasteiger partial charge < -0.3 is 14.4 Å². The van der Waals surface area contributed by atoms with Crippen LogP contribution in [0.2, 0.25) is 0 Å². The molecule has 0 bridgehead atoms. The van der Waals surface area contributed by atoms with Gasteiger partial charge in [-0.1, -0.05) is 12.1 Å². The maximum atomic E-state index is 5.93. The quantitative estimate of drug-likeness (QED) is 0.839. The van der Waals surface area contributed by atoms with E-state index < -0.39 is 0 Å². The second-order valence-electron chi connectivity index (χ2n) is 7.52. The second-order valence-corrected chi connectivity index (χ2v) is 7.52. The Labute approximate surface area is 154 Å². The molecule has 2 aliphatic heterocycles. The van der Waals surface area contributed by atoms with Gasteiger partial charge in [0, 0.05) is 38.9 Å². The highest BCUT2D eigenvalue weighted by Gasteiger charge is 2.44. The summed E-state index contributed by atoms with van der Waals surface area (Å²) in [7, 11) is 5.68. The van der Waals surface area contributed by atoms with Gasteiger partial charge in [-0.15, -0.1) is 0 Å². The van der Waals surface area contributed by atoms with Crippen molar-refractivity contribution in [2.45, 2.75) is 25.0 Å². The summed E-state index contributed by atoms with van der Waals surface area (Å²) in [6.07, 6.45) is 3.00. The molecule has 0 saturated carbocycles. The molecule has 2 aromatic rings. The van der Waals surface area contributed by atoms with E-state index in [9.17, 15) is 0 Å². The molecule has 26 heavy (non-hydrogen) atoms. The molecule has 2 aliphatic rings. The summed E-state index contributed by atoms with van der Waals surface area (Å²) in [5.74, 6) is 1.68. The highest BCUT2D eigenvalue weighted by Crippen LogP contribution is 2.39. The Morgan fingerprint density at radius 2 is 2.23 bits per heavy atom. The fraction of sp³-hybridized carbons (Fsp3) is 0.500. The fourth-order valence-corrected chi connectivity index (χ4v) is 4.04. The van der Waals surface area contributed by atoms with E-state index in [1.165, 1.54) is 11.3 Å². The van der Waals surface area contributed by atoms with Crippen molar-refractivity contribution in [1.29, 1.82) is 0 Å². The number of likely N-dealkylation sites (tertiary alicyclic amines) is 1. The number of rotatable bonds is 4. The van der Waals surface area contributed by atoms with E-state index in [0.717, 1.165) is 49.9 Å². The number of ether oxygens (including phenoxy) is 2. The number of methoxy groups -OCH3 is 1. The molecule has 1 aromatic carbocycles. The fourth-order valence-electron chi connectivity index (χ4n) is 4.04. The molecule has 0 amide bonds. The average Bonchev–Trinajstić information content (AvgIpc) is 3.05. The van der Waals surface area contributed by atoms with E-state index in [0.29, 0.717) is 6.61 Å². The largest absolute Gasteiger partial charge is 0.497 e. The van der Waals surface area contributed by atoms with Gasteiger partial charge in [0.1, 0.15) is 5.75 Å². The predicted octanol–water partition coefficient (Wildman–Crippen LogP) is 2.23. The lowest BCUT2D eigenvalue weighted by atomic mass is 9.80. The van der Waals surface area contributed by atoms with Crippen LogP contribution in [0.3, 0.4) is 0 Å². The molecule has 1 saturated heterocycles. The molecule has 0 N–H and O–H groups in total. The Balaban J connectivity index is 1.57. The van der Waals surface area contributed by atoms with Gasteiger partial charge in [-0.3, -0.25) is 4.90 Å². The number of anilines is 1. The zero-order valence-electron chi connectivity index (χ0n) is 15.7. The summed E-state index contributed by atoms with van der Waals surface area (Å²) in [6, 6.07) is 8.31. The number of aromatic nitrogens is 2. The molecule has 138 valence electrons. The summed E-state index contributed by atoms with van der Waals surface area (Å²) in [5.41, 5.74) is 3.55. The molecule has 3 heterocycles. The molecule has 1 spiro atoms. The van der Waals surface area contributed by atoms with Gasteiger partial charge in [-0.25, -0.2) is 9.97 Å². The van der Waals surface area contributed by atoms with Crippen LogP contribution in [0.1, 0.15) is 23.2 Å². The molecule has 1 atom stereocenters. The number of benzene rings is 1. The van der Waals surface area contributed by atoms with Gasteiger partial charge in [0.15, 0.2) is 0 Å². The molecule has 1 aromatic heterocycles. The zero-order valence-corrected chi connectivity index (χ0v) is 15.7. The van der Waals surface area contributed by atoms with Crippen molar-refractivity contribution in [1.82, 2.24) is 14.9 Å². The van der Waals surface area contributed by atoms with Crippen molar-refractivity contribution >= 4 is 5.95 Å². The van der Waals surface area contributed by atoms with Crippen LogP contribution < -0.4 is 9.64 Å². The smallest absolute Gasteiger partial charge is 0.225 e. The standard InChI is InChI=1S/C20H26N4O2/c1-23(2)19-21-10-16-12-26-14-20(18(16)22-19)7-8-24(13-20)11-15-5-4-6-17(9-15)25-3/h4-6,9-10H,7-8,11-14H2,1-3H3/t20-/m1/s1. The summed E-state index contributed by atoms with van der Waals surface area (Å²) in [4.78, 5) is 13.8. The van der Waals surface area contributed by atoms with Crippen molar-refractivity contribution in [3.8, 4) is 5.75 Å². The van der Waals surface area contributed by atoms with Crippen molar-refractivity contribution in [3.05, 3.63) is 47.3 Å². The molecule has 0 radical (unpaired) electrons. The highest BCUT2D eigenvalue weighted by molar-refractivity contribution is 5.37. The number of fused-ring (bicyclic) bond motifs is 2. The lowest BCUT2D eigenvalue weighted by Crippen LogP contribution is -2.40. The van der Waals surface area contributed by atoms with Gasteiger partial charge in [0.05, 0.1) is 31.4 Å². The van der Waals surface area contributed by atoms with E-state index in [4.69, 9.17) is 14.5 Å². The molecule has 0 aliphatic carbocycles. The number of nitrogens with zero attached hydrogens (tertiary/aromatic N) is 4. The SMILES string of the molecule is COc1cccc(CN2CC[C@]3(COCc4cnc(N(C)C)nc43)C2)c1. The lowest BCUT2D eigenvalue weighted by Gasteiger charge is -2.34. The second kappa shape index (κ2) is 6.85.